The molecule has 0 saturated carbocycles. The Balaban J connectivity index is 2.70. The molecule has 1 atom stereocenters. The first kappa shape index (κ1) is 16.1. The maximum atomic E-state index is 12.0. The normalized spacial score (nSPS) is 14.0. The van der Waals surface area contributed by atoms with Gasteiger partial charge in [0.25, 0.3) is 10.0 Å². The molecule has 6 nitrogen and oxygen atoms in total. The van der Waals surface area contributed by atoms with E-state index in [1.165, 1.54) is 6.20 Å². The molecular formula is C12H23N3O3S. The molecule has 1 unspecified atom stereocenters. The zero-order valence-electron chi connectivity index (χ0n) is 11.9. The molecular weight excluding hydrogens is 266 g/mol. The summed E-state index contributed by atoms with van der Waals surface area (Å²) >= 11 is 0. The third-order valence-corrected chi connectivity index (χ3v) is 4.12. The number of rotatable bonds is 7. The molecule has 0 aliphatic heterocycles. The molecule has 7 heteroatoms. The summed E-state index contributed by atoms with van der Waals surface area (Å²) < 4.78 is 28.2. The van der Waals surface area contributed by atoms with Crippen LogP contribution in [-0.4, -0.2) is 35.7 Å². The van der Waals surface area contributed by atoms with E-state index >= 15 is 0 Å². The number of aliphatic hydroxyl groups is 1. The predicted molar refractivity (Wildman–Crippen MR) is 73.3 cm³/mol. The number of nitrogens with zero attached hydrogens (tertiary/aromatic N) is 2. The monoisotopic (exact) mass is 289 g/mol. The number of aromatic nitrogens is 2. The first-order valence-electron chi connectivity index (χ1n) is 6.47. The van der Waals surface area contributed by atoms with Gasteiger partial charge >= 0.3 is 0 Å². The summed E-state index contributed by atoms with van der Waals surface area (Å²) in [6.45, 7) is 8.32. The number of sulfonamides is 1. The van der Waals surface area contributed by atoms with Gasteiger partial charge in [0.2, 0.25) is 0 Å². The minimum atomic E-state index is -3.64. The molecule has 0 amide bonds. The maximum absolute atomic E-state index is 12.0. The molecule has 0 spiro atoms. The maximum Gasteiger partial charge on any atom is 0.259 e. The van der Waals surface area contributed by atoms with Gasteiger partial charge in [0.15, 0.2) is 5.03 Å². The summed E-state index contributed by atoms with van der Waals surface area (Å²) in [4.78, 5) is 4.02. The van der Waals surface area contributed by atoms with Gasteiger partial charge in [-0.15, -0.1) is 0 Å². The lowest BCUT2D eigenvalue weighted by Crippen LogP contribution is -2.33. The van der Waals surface area contributed by atoms with Gasteiger partial charge in [-0.1, -0.05) is 13.8 Å². The number of aryl methyl sites for hydroxylation is 2. The molecule has 0 aliphatic carbocycles. The molecule has 0 fully saturated rings. The second kappa shape index (κ2) is 6.49. The Hall–Kier alpha value is -0.920. The van der Waals surface area contributed by atoms with Gasteiger partial charge < -0.3 is 9.67 Å². The van der Waals surface area contributed by atoms with E-state index in [1.807, 2.05) is 20.8 Å². The van der Waals surface area contributed by atoms with Crippen LogP contribution in [0, 0.1) is 12.8 Å². The van der Waals surface area contributed by atoms with Crippen molar-refractivity contribution in [2.75, 3.05) is 6.54 Å². The number of hydrogen-bond donors (Lipinski definition) is 2. The Morgan fingerprint density at radius 2 is 2.11 bits per heavy atom. The molecule has 0 saturated heterocycles. The van der Waals surface area contributed by atoms with E-state index in [0.717, 1.165) is 0 Å². The highest BCUT2D eigenvalue weighted by molar-refractivity contribution is 7.89. The van der Waals surface area contributed by atoms with Crippen LogP contribution in [-0.2, 0) is 16.6 Å². The van der Waals surface area contributed by atoms with Crippen molar-refractivity contribution in [3.63, 3.8) is 0 Å². The Morgan fingerprint density at radius 1 is 1.47 bits per heavy atom. The van der Waals surface area contributed by atoms with E-state index in [9.17, 15) is 13.5 Å². The highest BCUT2D eigenvalue weighted by Gasteiger charge is 2.20. The van der Waals surface area contributed by atoms with Crippen LogP contribution in [0.25, 0.3) is 0 Å². The largest absolute Gasteiger partial charge is 0.392 e. The van der Waals surface area contributed by atoms with Crippen LogP contribution in [0.4, 0.5) is 0 Å². The molecule has 1 aromatic rings. The Bertz CT molecular complexity index is 508. The van der Waals surface area contributed by atoms with Crippen LogP contribution in [0.15, 0.2) is 11.2 Å². The number of nitrogens with one attached hydrogen (secondary N) is 1. The summed E-state index contributed by atoms with van der Waals surface area (Å²) in [6, 6.07) is 0. The lowest BCUT2D eigenvalue weighted by atomic mass is 10.1. The highest BCUT2D eigenvalue weighted by Crippen LogP contribution is 2.10. The number of imidazole rings is 1. The van der Waals surface area contributed by atoms with Crippen molar-refractivity contribution in [2.45, 2.75) is 51.8 Å². The zero-order valence-corrected chi connectivity index (χ0v) is 12.7. The van der Waals surface area contributed by atoms with Crippen LogP contribution >= 0.6 is 0 Å². The fourth-order valence-corrected chi connectivity index (χ4v) is 2.91. The predicted octanol–water partition coefficient (Wildman–Crippen LogP) is 0.897. The summed E-state index contributed by atoms with van der Waals surface area (Å²) in [5.74, 6) is 0.978. The van der Waals surface area contributed by atoms with Crippen LogP contribution in [0.1, 0.15) is 33.0 Å². The molecule has 1 heterocycles. The fraction of sp³-hybridized carbons (Fsp3) is 0.750. The van der Waals surface area contributed by atoms with Crippen molar-refractivity contribution in [1.29, 1.82) is 0 Å². The van der Waals surface area contributed by atoms with E-state index in [-0.39, 0.29) is 11.6 Å². The van der Waals surface area contributed by atoms with Crippen molar-refractivity contribution in [1.82, 2.24) is 14.3 Å². The first-order chi connectivity index (χ1) is 8.76. The van der Waals surface area contributed by atoms with Gasteiger partial charge in [-0.25, -0.2) is 18.1 Å². The SMILES string of the molecule is CCn1cc(S(=O)(=O)NCC(O)CC(C)C)nc1C. The van der Waals surface area contributed by atoms with E-state index in [1.54, 1.807) is 11.5 Å². The highest BCUT2D eigenvalue weighted by atomic mass is 32.2. The van der Waals surface area contributed by atoms with E-state index in [4.69, 9.17) is 0 Å². The van der Waals surface area contributed by atoms with Gasteiger partial charge in [-0.3, -0.25) is 0 Å². The van der Waals surface area contributed by atoms with E-state index in [0.29, 0.717) is 24.7 Å². The molecule has 19 heavy (non-hydrogen) atoms. The van der Waals surface area contributed by atoms with Crippen molar-refractivity contribution >= 4 is 10.0 Å². The third-order valence-electron chi connectivity index (χ3n) is 2.82. The Morgan fingerprint density at radius 3 is 2.58 bits per heavy atom. The number of hydrogen-bond acceptors (Lipinski definition) is 4. The van der Waals surface area contributed by atoms with Gasteiger partial charge in [-0.2, -0.15) is 0 Å². The Labute approximate surface area is 114 Å². The van der Waals surface area contributed by atoms with Gasteiger partial charge in [0, 0.05) is 19.3 Å². The van der Waals surface area contributed by atoms with Crippen LogP contribution < -0.4 is 4.72 Å². The second-order valence-electron chi connectivity index (χ2n) is 5.05. The second-order valence-corrected chi connectivity index (χ2v) is 6.76. The third kappa shape index (κ3) is 4.59. The smallest absolute Gasteiger partial charge is 0.259 e. The molecule has 0 aromatic carbocycles. The van der Waals surface area contributed by atoms with Gasteiger partial charge in [0.1, 0.15) is 5.82 Å². The lowest BCUT2D eigenvalue weighted by molar-refractivity contribution is 0.152. The summed E-state index contributed by atoms with van der Waals surface area (Å²) in [7, 11) is -3.64. The molecule has 0 aliphatic rings. The summed E-state index contributed by atoms with van der Waals surface area (Å²) in [5.41, 5.74) is 0. The molecule has 110 valence electrons. The van der Waals surface area contributed by atoms with Crippen LogP contribution in [0.5, 0.6) is 0 Å². The molecule has 0 radical (unpaired) electrons. The average molecular weight is 289 g/mol. The Kier molecular flexibility index (Phi) is 5.51. The van der Waals surface area contributed by atoms with Gasteiger partial charge in [0.05, 0.1) is 6.10 Å². The molecule has 1 aromatic heterocycles. The topological polar surface area (TPSA) is 84.2 Å². The number of aliphatic hydroxyl groups excluding tert-OH is 1. The quantitative estimate of drug-likeness (QED) is 0.781. The van der Waals surface area contributed by atoms with Gasteiger partial charge in [-0.05, 0) is 26.2 Å². The lowest BCUT2D eigenvalue weighted by Gasteiger charge is -2.13. The summed E-state index contributed by atoms with van der Waals surface area (Å²) in [6.07, 6.45) is 1.39. The van der Waals surface area contributed by atoms with Crippen LogP contribution in [0.3, 0.4) is 0 Å². The van der Waals surface area contributed by atoms with Crippen molar-refractivity contribution in [3.8, 4) is 0 Å². The van der Waals surface area contributed by atoms with Crippen molar-refractivity contribution in [2.24, 2.45) is 5.92 Å². The van der Waals surface area contributed by atoms with Crippen molar-refractivity contribution in [3.05, 3.63) is 12.0 Å². The fourth-order valence-electron chi connectivity index (χ4n) is 1.84. The minimum Gasteiger partial charge on any atom is -0.392 e. The minimum absolute atomic E-state index is 0.00333. The molecule has 2 N–H and O–H groups in total. The van der Waals surface area contributed by atoms with Crippen molar-refractivity contribution < 1.29 is 13.5 Å². The van der Waals surface area contributed by atoms with E-state index < -0.39 is 16.1 Å². The zero-order chi connectivity index (χ0) is 14.6. The molecule has 0 bridgehead atoms. The first-order valence-corrected chi connectivity index (χ1v) is 7.96. The summed E-state index contributed by atoms with van der Waals surface area (Å²) in [5, 5.41) is 9.69. The molecule has 1 rings (SSSR count). The standard InChI is InChI=1S/C12H23N3O3S/c1-5-15-8-12(14-10(15)4)19(17,18)13-7-11(16)6-9(2)3/h8-9,11,13,16H,5-7H2,1-4H3. The van der Waals surface area contributed by atoms with E-state index in [2.05, 4.69) is 9.71 Å². The average Bonchev–Trinajstić information content (AvgIpc) is 2.68. The van der Waals surface area contributed by atoms with Crippen LogP contribution in [0.2, 0.25) is 0 Å².